The molecule has 1 fully saturated rings. The Morgan fingerprint density at radius 1 is 1.04 bits per heavy atom. The third kappa shape index (κ3) is 5.17. The van der Waals surface area contributed by atoms with E-state index in [0.717, 1.165) is 29.7 Å². The molecule has 6 heteroatoms. The molecule has 1 aromatic heterocycles. The summed E-state index contributed by atoms with van der Waals surface area (Å²) in [5.41, 5.74) is 3.02. The molecule has 0 radical (unpaired) electrons. The zero-order valence-electron chi connectivity index (χ0n) is 14.3. The van der Waals surface area contributed by atoms with Crippen LogP contribution in [0.15, 0.2) is 36.5 Å². The molecule has 6 nitrogen and oxygen atoms in total. The van der Waals surface area contributed by atoms with Gasteiger partial charge in [-0.3, -0.25) is 14.7 Å². The average Bonchev–Trinajstić information content (AvgIpc) is 3.32. The number of aromatic nitrogens is 2. The van der Waals surface area contributed by atoms with Crippen LogP contribution in [0.4, 0.5) is 0 Å². The molecule has 0 bridgehead atoms. The van der Waals surface area contributed by atoms with Crippen molar-refractivity contribution in [3.63, 3.8) is 0 Å². The first-order valence-corrected chi connectivity index (χ1v) is 8.83. The molecule has 132 valence electrons. The molecule has 1 heterocycles. The summed E-state index contributed by atoms with van der Waals surface area (Å²) in [7, 11) is 0. The normalized spacial score (nSPS) is 14.4. The largest absolute Gasteiger partial charge is 0.350 e. The number of nitrogens with one attached hydrogen (secondary N) is 3. The van der Waals surface area contributed by atoms with E-state index >= 15 is 0 Å². The van der Waals surface area contributed by atoms with Crippen molar-refractivity contribution in [3.8, 4) is 11.3 Å². The second-order valence-electron chi connectivity index (χ2n) is 6.58. The monoisotopic (exact) mass is 340 g/mol. The van der Waals surface area contributed by atoms with Crippen molar-refractivity contribution in [1.82, 2.24) is 20.8 Å². The second-order valence-corrected chi connectivity index (χ2v) is 6.58. The fraction of sp³-hybridized carbons (Fsp3) is 0.421. The second kappa shape index (κ2) is 8.46. The lowest BCUT2D eigenvalue weighted by atomic mass is 10.0. The topological polar surface area (TPSA) is 86.9 Å². The third-order valence-corrected chi connectivity index (χ3v) is 4.65. The Labute approximate surface area is 147 Å². The van der Waals surface area contributed by atoms with Crippen LogP contribution in [0, 0.1) is 5.92 Å². The first kappa shape index (κ1) is 17.2. The average molecular weight is 340 g/mol. The Morgan fingerprint density at radius 3 is 2.48 bits per heavy atom. The molecular weight excluding hydrogens is 316 g/mol. The fourth-order valence-corrected chi connectivity index (χ4v) is 3.21. The highest BCUT2D eigenvalue weighted by atomic mass is 16.2. The van der Waals surface area contributed by atoms with Crippen molar-refractivity contribution in [2.75, 3.05) is 6.54 Å². The molecule has 1 aliphatic rings. The smallest absolute Gasteiger partial charge is 0.239 e. The van der Waals surface area contributed by atoms with E-state index in [-0.39, 0.29) is 18.4 Å². The van der Waals surface area contributed by atoms with E-state index in [1.165, 1.54) is 12.8 Å². The predicted molar refractivity (Wildman–Crippen MR) is 95.5 cm³/mol. The van der Waals surface area contributed by atoms with E-state index in [2.05, 4.69) is 20.8 Å². The number of rotatable bonds is 7. The van der Waals surface area contributed by atoms with Crippen LogP contribution in [0.3, 0.4) is 0 Å². The molecule has 2 aromatic rings. The van der Waals surface area contributed by atoms with Crippen molar-refractivity contribution < 1.29 is 9.59 Å². The van der Waals surface area contributed by atoms with Gasteiger partial charge in [0.05, 0.1) is 12.2 Å². The minimum absolute atomic E-state index is 0.0223. The van der Waals surface area contributed by atoms with E-state index < -0.39 is 0 Å². The molecule has 3 N–H and O–H groups in total. The number of aromatic amines is 1. The maximum Gasteiger partial charge on any atom is 0.239 e. The summed E-state index contributed by atoms with van der Waals surface area (Å²) in [6.45, 7) is 0.484. The Bertz CT molecular complexity index is 689. The molecule has 2 amide bonds. The maximum atomic E-state index is 11.9. The van der Waals surface area contributed by atoms with Gasteiger partial charge >= 0.3 is 0 Å². The quantitative estimate of drug-likeness (QED) is 0.723. The first-order chi connectivity index (χ1) is 12.2. The number of nitrogens with zero attached hydrogens (tertiary/aromatic N) is 1. The van der Waals surface area contributed by atoms with Gasteiger partial charge in [0.15, 0.2) is 0 Å². The number of amides is 2. The van der Waals surface area contributed by atoms with E-state index in [1.807, 2.05) is 30.3 Å². The molecular formula is C19H24N4O2. The van der Waals surface area contributed by atoms with Gasteiger partial charge in [-0.15, -0.1) is 0 Å². The number of hydrogen-bond donors (Lipinski definition) is 3. The van der Waals surface area contributed by atoms with Gasteiger partial charge in [-0.25, -0.2) is 0 Å². The van der Waals surface area contributed by atoms with Gasteiger partial charge in [0.25, 0.3) is 0 Å². The van der Waals surface area contributed by atoms with Gasteiger partial charge in [-0.1, -0.05) is 37.1 Å². The molecule has 1 aliphatic carbocycles. The number of H-pyrrole nitrogens is 1. The molecule has 0 spiro atoms. The highest BCUT2D eigenvalue weighted by Gasteiger charge is 2.18. The van der Waals surface area contributed by atoms with E-state index in [9.17, 15) is 9.59 Å². The minimum atomic E-state index is -0.169. The minimum Gasteiger partial charge on any atom is -0.350 e. The number of carbonyl (C=O) groups is 2. The van der Waals surface area contributed by atoms with Crippen LogP contribution in [-0.2, 0) is 16.1 Å². The first-order valence-electron chi connectivity index (χ1n) is 8.83. The maximum absolute atomic E-state index is 11.9. The molecule has 0 saturated heterocycles. The number of carbonyl (C=O) groups excluding carboxylic acids is 2. The van der Waals surface area contributed by atoms with Gasteiger partial charge < -0.3 is 10.6 Å². The predicted octanol–water partition coefficient (Wildman–Crippen LogP) is 2.39. The molecule has 0 aliphatic heterocycles. The van der Waals surface area contributed by atoms with Crippen molar-refractivity contribution >= 4 is 11.8 Å². The Hall–Kier alpha value is -2.63. The van der Waals surface area contributed by atoms with Gasteiger partial charge in [0.1, 0.15) is 0 Å². The summed E-state index contributed by atoms with van der Waals surface area (Å²) >= 11 is 0. The van der Waals surface area contributed by atoms with Crippen molar-refractivity contribution in [1.29, 1.82) is 0 Å². The lowest BCUT2D eigenvalue weighted by molar-refractivity contribution is -0.126. The Kier molecular flexibility index (Phi) is 5.82. The summed E-state index contributed by atoms with van der Waals surface area (Å²) in [6.07, 6.45) is 6.96. The molecule has 3 rings (SSSR count). The van der Waals surface area contributed by atoms with Crippen LogP contribution in [0.25, 0.3) is 11.3 Å². The molecule has 1 aromatic carbocycles. The third-order valence-electron chi connectivity index (χ3n) is 4.65. The summed E-state index contributed by atoms with van der Waals surface area (Å²) in [6, 6.07) is 9.81. The molecule has 25 heavy (non-hydrogen) atoms. The van der Waals surface area contributed by atoms with E-state index in [4.69, 9.17) is 0 Å². The van der Waals surface area contributed by atoms with Gasteiger partial charge in [-0.05, 0) is 36.0 Å². The Balaban J connectivity index is 1.37. The van der Waals surface area contributed by atoms with Gasteiger partial charge in [0, 0.05) is 19.2 Å². The van der Waals surface area contributed by atoms with Crippen molar-refractivity contribution in [3.05, 3.63) is 42.1 Å². The summed E-state index contributed by atoms with van der Waals surface area (Å²) in [5.74, 6) is 0.305. The number of benzene rings is 1. The van der Waals surface area contributed by atoms with Crippen LogP contribution >= 0.6 is 0 Å². The summed E-state index contributed by atoms with van der Waals surface area (Å²) < 4.78 is 0. The zero-order valence-corrected chi connectivity index (χ0v) is 14.3. The van der Waals surface area contributed by atoms with Crippen LogP contribution in [0.1, 0.15) is 37.7 Å². The lowest BCUT2D eigenvalue weighted by Gasteiger charge is -2.10. The SMILES string of the molecule is O=C(CNC(=O)CC1CCCC1)NCc1ccc(-c2ccn[nH]2)cc1. The molecule has 0 unspecified atom stereocenters. The van der Waals surface area contributed by atoms with E-state index in [0.29, 0.717) is 18.9 Å². The van der Waals surface area contributed by atoms with Crippen LogP contribution in [-0.4, -0.2) is 28.6 Å². The van der Waals surface area contributed by atoms with E-state index in [1.54, 1.807) is 6.20 Å². The van der Waals surface area contributed by atoms with Gasteiger partial charge in [-0.2, -0.15) is 5.10 Å². The van der Waals surface area contributed by atoms with Crippen LogP contribution < -0.4 is 10.6 Å². The number of hydrogen-bond acceptors (Lipinski definition) is 3. The summed E-state index contributed by atoms with van der Waals surface area (Å²) in [5, 5.41) is 12.4. The highest BCUT2D eigenvalue weighted by molar-refractivity contribution is 5.84. The van der Waals surface area contributed by atoms with Gasteiger partial charge in [0.2, 0.25) is 11.8 Å². The lowest BCUT2D eigenvalue weighted by Crippen LogP contribution is -2.37. The molecule has 0 atom stereocenters. The van der Waals surface area contributed by atoms with Crippen molar-refractivity contribution in [2.45, 2.75) is 38.6 Å². The van der Waals surface area contributed by atoms with Crippen molar-refractivity contribution in [2.24, 2.45) is 5.92 Å². The fourth-order valence-electron chi connectivity index (χ4n) is 3.21. The van der Waals surface area contributed by atoms with Crippen LogP contribution in [0.2, 0.25) is 0 Å². The Morgan fingerprint density at radius 2 is 1.80 bits per heavy atom. The highest BCUT2D eigenvalue weighted by Crippen LogP contribution is 2.27. The standard InChI is InChI=1S/C19H24N4O2/c24-18(11-14-3-1-2-4-14)21-13-19(25)20-12-15-5-7-16(8-6-15)17-9-10-22-23-17/h5-10,14H,1-4,11-13H2,(H,20,25)(H,21,24)(H,22,23). The zero-order chi connectivity index (χ0) is 17.5. The summed E-state index contributed by atoms with van der Waals surface area (Å²) in [4.78, 5) is 23.7. The van der Waals surface area contributed by atoms with Crippen LogP contribution in [0.5, 0.6) is 0 Å². The molecule has 1 saturated carbocycles.